The zero-order valence-electron chi connectivity index (χ0n) is 11.9. The van der Waals surface area contributed by atoms with Crippen molar-refractivity contribution in [2.24, 2.45) is 0 Å². The molecule has 3 aromatic rings. The highest BCUT2D eigenvalue weighted by molar-refractivity contribution is 5.82. The smallest absolute Gasteiger partial charge is 0.265 e. The number of nitro groups is 1. The zero-order valence-corrected chi connectivity index (χ0v) is 11.9. The van der Waals surface area contributed by atoms with Gasteiger partial charge in [-0.05, 0) is 25.1 Å². The van der Waals surface area contributed by atoms with Crippen molar-refractivity contribution in [2.75, 3.05) is 0 Å². The lowest BCUT2D eigenvalue weighted by Gasteiger charge is -2.04. The molecule has 110 valence electrons. The van der Waals surface area contributed by atoms with Gasteiger partial charge in [0.15, 0.2) is 0 Å². The molecule has 0 atom stereocenters. The van der Waals surface area contributed by atoms with Crippen LogP contribution in [0.4, 0.5) is 5.69 Å². The molecule has 6 nitrogen and oxygen atoms in total. The molecule has 0 amide bonds. The summed E-state index contributed by atoms with van der Waals surface area (Å²) in [6, 6.07) is 13.3. The first-order chi connectivity index (χ1) is 10.5. The van der Waals surface area contributed by atoms with Crippen molar-refractivity contribution >= 4 is 22.4 Å². The molecule has 0 radical (unpaired) electrons. The molecule has 0 N–H and O–H groups in total. The molecule has 0 aliphatic heterocycles. The Labute approximate surface area is 125 Å². The van der Waals surface area contributed by atoms with Gasteiger partial charge in [0.2, 0.25) is 0 Å². The van der Waals surface area contributed by atoms with Crippen molar-refractivity contribution in [3.63, 3.8) is 0 Å². The van der Waals surface area contributed by atoms with Crippen LogP contribution < -0.4 is 5.69 Å². The third-order valence-electron chi connectivity index (χ3n) is 3.45. The minimum atomic E-state index is -0.491. The molecule has 6 heteroatoms. The van der Waals surface area contributed by atoms with Crippen LogP contribution in [0, 0.1) is 10.1 Å². The fraction of sp³-hybridized carbons (Fsp3) is 0.0625. The zero-order chi connectivity index (χ0) is 15.9. The summed E-state index contributed by atoms with van der Waals surface area (Å²) in [5, 5.41) is 11.2. The van der Waals surface area contributed by atoms with E-state index >= 15 is 0 Å². The van der Waals surface area contributed by atoms with Gasteiger partial charge in [-0.15, -0.1) is 0 Å². The lowest BCUT2D eigenvalue weighted by Crippen LogP contribution is -2.22. The highest BCUT2D eigenvalue weighted by atomic mass is 16.6. The SMILES string of the molecule is C=C(C)n1c(=O)n(-c2ccccc2[N+](=O)[O-])c2ccccc21. The van der Waals surface area contributed by atoms with E-state index in [2.05, 4.69) is 6.58 Å². The first-order valence-corrected chi connectivity index (χ1v) is 6.64. The summed E-state index contributed by atoms with van der Waals surface area (Å²) in [7, 11) is 0. The van der Waals surface area contributed by atoms with Gasteiger partial charge in [0, 0.05) is 11.8 Å². The van der Waals surface area contributed by atoms with E-state index < -0.39 is 4.92 Å². The largest absolute Gasteiger partial charge is 0.338 e. The van der Waals surface area contributed by atoms with Crippen LogP contribution in [0.5, 0.6) is 0 Å². The number of imidazole rings is 1. The van der Waals surface area contributed by atoms with Crippen LogP contribution in [-0.4, -0.2) is 14.1 Å². The van der Waals surface area contributed by atoms with Gasteiger partial charge in [-0.3, -0.25) is 19.2 Å². The van der Waals surface area contributed by atoms with Gasteiger partial charge in [0.25, 0.3) is 5.69 Å². The van der Waals surface area contributed by atoms with Crippen molar-refractivity contribution in [3.05, 3.63) is 75.7 Å². The molecular formula is C16H13N3O3. The van der Waals surface area contributed by atoms with Crippen LogP contribution in [0.15, 0.2) is 59.9 Å². The highest BCUT2D eigenvalue weighted by Crippen LogP contribution is 2.25. The van der Waals surface area contributed by atoms with E-state index in [9.17, 15) is 14.9 Å². The quantitative estimate of drug-likeness (QED) is 0.550. The number of rotatable bonds is 3. The van der Waals surface area contributed by atoms with Crippen molar-refractivity contribution in [1.82, 2.24) is 9.13 Å². The van der Waals surface area contributed by atoms with Crippen molar-refractivity contribution < 1.29 is 4.92 Å². The van der Waals surface area contributed by atoms with Crippen LogP contribution in [0.1, 0.15) is 6.92 Å². The van der Waals surface area contributed by atoms with E-state index in [4.69, 9.17) is 0 Å². The van der Waals surface area contributed by atoms with Gasteiger partial charge >= 0.3 is 5.69 Å². The van der Waals surface area contributed by atoms with Gasteiger partial charge < -0.3 is 0 Å². The monoisotopic (exact) mass is 295 g/mol. The number of para-hydroxylation sites is 4. The van der Waals surface area contributed by atoms with E-state index in [0.29, 0.717) is 16.7 Å². The van der Waals surface area contributed by atoms with Gasteiger partial charge in [0.1, 0.15) is 5.69 Å². The van der Waals surface area contributed by atoms with E-state index in [1.807, 2.05) is 6.07 Å². The van der Waals surface area contributed by atoms with Crippen LogP contribution in [-0.2, 0) is 0 Å². The second-order valence-electron chi connectivity index (χ2n) is 4.92. The lowest BCUT2D eigenvalue weighted by molar-refractivity contribution is -0.384. The van der Waals surface area contributed by atoms with E-state index in [-0.39, 0.29) is 17.1 Å². The standard InChI is InChI=1S/C16H13N3O3/c1-11(2)17-12-7-3-4-8-13(12)18(16(17)20)14-9-5-6-10-15(14)19(21)22/h3-10H,1H2,2H3. The van der Waals surface area contributed by atoms with Crippen molar-refractivity contribution in [2.45, 2.75) is 6.92 Å². The Morgan fingerprint density at radius 2 is 1.68 bits per heavy atom. The Kier molecular flexibility index (Phi) is 3.14. The van der Waals surface area contributed by atoms with Crippen LogP contribution in [0.2, 0.25) is 0 Å². The second kappa shape index (κ2) is 5.00. The highest BCUT2D eigenvalue weighted by Gasteiger charge is 2.21. The van der Waals surface area contributed by atoms with E-state index in [1.165, 1.54) is 15.2 Å². The number of benzene rings is 2. The number of fused-ring (bicyclic) bond motifs is 1. The number of hydrogen-bond donors (Lipinski definition) is 0. The number of nitro benzene ring substituents is 1. The maximum atomic E-state index is 12.7. The minimum absolute atomic E-state index is 0.116. The summed E-state index contributed by atoms with van der Waals surface area (Å²) in [6.45, 7) is 5.54. The molecule has 0 bridgehead atoms. The summed E-state index contributed by atoms with van der Waals surface area (Å²) in [5.74, 6) is 0. The van der Waals surface area contributed by atoms with Gasteiger partial charge in [-0.25, -0.2) is 4.79 Å². The molecule has 0 fully saturated rings. The molecule has 0 unspecified atom stereocenters. The third-order valence-corrected chi connectivity index (χ3v) is 3.45. The summed E-state index contributed by atoms with van der Waals surface area (Å²) >= 11 is 0. The van der Waals surface area contributed by atoms with Crippen LogP contribution >= 0.6 is 0 Å². The van der Waals surface area contributed by atoms with Gasteiger partial charge in [-0.1, -0.05) is 30.8 Å². The predicted octanol–water partition coefficient (Wildman–Crippen LogP) is 3.19. The number of allylic oxidation sites excluding steroid dienone is 1. The molecule has 0 saturated heterocycles. The Hall–Kier alpha value is -3.15. The lowest BCUT2D eigenvalue weighted by atomic mass is 10.2. The first kappa shape index (κ1) is 13.8. The fourth-order valence-corrected chi connectivity index (χ4v) is 2.56. The molecule has 0 aliphatic carbocycles. The Morgan fingerprint density at radius 1 is 1.09 bits per heavy atom. The number of aromatic nitrogens is 2. The molecule has 3 rings (SSSR count). The molecule has 0 saturated carbocycles. The van der Waals surface area contributed by atoms with Gasteiger partial charge in [0.05, 0.1) is 16.0 Å². The average molecular weight is 295 g/mol. The summed E-state index contributed by atoms with van der Waals surface area (Å²) in [6.07, 6.45) is 0. The van der Waals surface area contributed by atoms with Gasteiger partial charge in [-0.2, -0.15) is 0 Å². The molecule has 1 heterocycles. The van der Waals surface area contributed by atoms with Crippen LogP contribution in [0.3, 0.4) is 0 Å². The van der Waals surface area contributed by atoms with E-state index in [0.717, 1.165) is 0 Å². The van der Waals surface area contributed by atoms with Crippen LogP contribution in [0.25, 0.3) is 22.4 Å². The molecular weight excluding hydrogens is 282 g/mol. The average Bonchev–Trinajstić information content (AvgIpc) is 2.79. The molecule has 1 aromatic heterocycles. The number of hydrogen-bond acceptors (Lipinski definition) is 3. The molecule has 0 spiro atoms. The molecule has 0 aliphatic rings. The van der Waals surface area contributed by atoms with Crippen molar-refractivity contribution in [3.8, 4) is 5.69 Å². The summed E-state index contributed by atoms with van der Waals surface area (Å²) < 4.78 is 2.80. The Bertz CT molecular complexity index is 966. The number of nitrogens with zero attached hydrogens (tertiary/aromatic N) is 3. The first-order valence-electron chi connectivity index (χ1n) is 6.64. The minimum Gasteiger partial charge on any atom is -0.265 e. The summed E-state index contributed by atoms with van der Waals surface area (Å²) in [4.78, 5) is 23.5. The third kappa shape index (κ3) is 1.93. The fourth-order valence-electron chi connectivity index (χ4n) is 2.56. The molecule has 2 aromatic carbocycles. The maximum Gasteiger partial charge on any atom is 0.338 e. The predicted molar refractivity (Wildman–Crippen MR) is 85.2 cm³/mol. The van der Waals surface area contributed by atoms with Crippen molar-refractivity contribution in [1.29, 1.82) is 0 Å². The topological polar surface area (TPSA) is 70.1 Å². The van der Waals surface area contributed by atoms with E-state index in [1.54, 1.807) is 43.3 Å². The Balaban J connectivity index is 2.48. The maximum absolute atomic E-state index is 12.7. The normalized spacial score (nSPS) is 10.8. The second-order valence-corrected chi connectivity index (χ2v) is 4.92. The summed E-state index contributed by atoms with van der Waals surface area (Å²) in [5.41, 5.74) is 1.58. The Morgan fingerprint density at radius 3 is 2.32 bits per heavy atom. The molecule has 22 heavy (non-hydrogen) atoms.